The second kappa shape index (κ2) is 5.92. The van der Waals surface area contributed by atoms with Gasteiger partial charge in [-0.2, -0.15) is 0 Å². The van der Waals surface area contributed by atoms with E-state index in [1.54, 1.807) is 7.11 Å². The normalized spacial score (nSPS) is 25.7. The Bertz CT molecular complexity index is 221. The van der Waals surface area contributed by atoms with Crippen molar-refractivity contribution in [3.05, 3.63) is 0 Å². The lowest BCUT2D eigenvalue weighted by Crippen LogP contribution is -2.34. The number of ether oxygens (including phenoxy) is 1. The Labute approximate surface area is 90.9 Å². The first-order valence-corrected chi connectivity index (χ1v) is 5.36. The van der Waals surface area contributed by atoms with Gasteiger partial charge >= 0.3 is 0 Å². The van der Waals surface area contributed by atoms with Crippen molar-refractivity contribution in [3.8, 4) is 0 Å². The lowest BCUT2D eigenvalue weighted by molar-refractivity contribution is 0.148. The first-order chi connectivity index (χ1) is 7.17. The number of nitrogens with zero attached hydrogens (tertiary/aromatic N) is 2. The van der Waals surface area contributed by atoms with Crippen molar-refractivity contribution in [3.63, 3.8) is 0 Å². The summed E-state index contributed by atoms with van der Waals surface area (Å²) < 4.78 is 5.14. The molecular weight excluding hydrogens is 194 g/mol. The molecule has 0 bridgehead atoms. The van der Waals surface area contributed by atoms with Crippen LogP contribution in [0, 0.1) is 5.92 Å². The van der Waals surface area contributed by atoms with Crippen LogP contribution in [0.3, 0.4) is 0 Å². The van der Waals surface area contributed by atoms with E-state index in [0.29, 0.717) is 24.2 Å². The molecule has 1 rings (SSSR count). The van der Waals surface area contributed by atoms with Gasteiger partial charge < -0.3 is 15.7 Å². The topological polar surface area (TPSA) is 71.1 Å². The van der Waals surface area contributed by atoms with Gasteiger partial charge in [0.25, 0.3) is 0 Å². The molecule has 1 fully saturated rings. The molecule has 0 amide bonds. The van der Waals surface area contributed by atoms with E-state index in [4.69, 9.17) is 15.7 Å². The molecule has 0 saturated carbocycles. The van der Waals surface area contributed by atoms with Gasteiger partial charge in [-0.1, -0.05) is 5.16 Å². The van der Waals surface area contributed by atoms with E-state index < -0.39 is 0 Å². The third-order valence-electron chi connectivity index (χ3n) is 2.98. The summed E-state index contributed by atoms with van der Waals surface area (Å²) in [5, 5.41) is 11.5. The first kappa shape index (κ1) is 12.3. The van der Waals surface area contributed by atoms with E-state index in [1.165, 1.54) is 6.42 Å². The standard InChI is InChI=1S/C10H21N3O2/c1-8(5-10(11)12-14)13-4-3-9(6-13)7-15-2/h8-9,14H,3-7H2,1-2H3,(H2,11,12). The average molecular weight is 215 g/mol. The smallest absolute Gasteiger partial charge is 0.140 e. The lowest BCUT2D eigenvalue weighted by Gasteiger charge is -2.23. The van der Waals surface area contributed by atoms with Crippen LogP contribution in [-0.2, 0) is 4.74 Å². The summed E-state index contributed by atoms with van der Waals surface area (Å²) in [6, 6.07) is 0.336. The zero-order valence-corrected chi connectivity index (χ0v) is 9.52. The second-order valence-corrected chi connectivity index (χ2v) is 4.25. The van der Waals surface area contributed by atoms with E-state index in [1.807, 2.05) is 0 Å². The van der Waals surface area contributed by atoms with E-state index in [-0.39, 0.29) is 0 Å². The molecule has 1 aliphatic rings. The summed E-state index contributed by atoms with van der Waals surface area (Å²) in [5.41, 5.74) is 5.48. The number of amidine groups is 1. The predicted molar refractivity (Wildman–Crippen MR) is 59.0 cm³/mol. The maximum absolute atomic E-state index is 8.49. The van der Waals surface area contributed by atoms with Gasteiger partial charge in [0.15, 0.2) is 0 Å². The Morgan fingerprint density at radius 1 is 1.73 bits per heavy atom. The molecule has 5 nitrogen and oxygen atoms in total. The fourth-order valence-corrected chi connectivity index (χ4v) is 2.11. The fraction of sp³-hybridized carbons (Fsp3) is 0.900. The molecule has 5 heteroatoms. The fourth-order valence-electron chi connectivity index (χ4n) is 2.11. The highest BCUT2D eigenvalue weighted by Crippen LogP contribution is 2.19. The molecule has 0 aromatic carbocycles. The molecule has 15 heavy (non-hydrogen) atoms. The van der Waals surface area contributed by atoms with Gasteiger partial charge in [0.1, 0.15) is 5.84 Å². The molecule has 0 aromatic rings. The molecule has 2 atom stereocenters. The maximum Gasteiger partial charge on any atom is 0.140 e. The van der Waals surface area contributed by atoms with Crippen LogP contribution in [0.5, 0.6) is 0 Å². The molecule has 1 saturated heterocycles. The Morgan fingerprint density at radius 3 is 3.07 bits per heavy atom. The number of likely N-dealkylation sites (tertiary alicyclic amines) is 1. The van der Waals surface area contributed by atoms with Crippen LogP contribution in [0.1, 0.15) is 19.8 Å². The largest absolute Gasteiger partial charge is 0.409 e. The second-order valence-electron chi connectivity index (χ2n) is 4.25. The SMILES string of the molecule is COCC1CCN(C(C)CC(N)=NO)C1. The van der Waals surface area contributed by atoms with Crippen LogP contribution in [0.15, 0.2) is 5.16 Å². The van der Waals surface area contributed by atoms with Crippen molar-refractivity contribution in [1.82, 2.24) is 4.90 Å². The molecule has 1 aliphatic heterocycles. The van der Waals surface area contributed by atoms with Crippen LogP contribution < -0.4 is 5.73 Å². The maximum atomic E-state index is 8.49. The van der Waals surface area contributed by atoms with Crippen molar-refractivity contribution in [2.45, 2.75) is 25.8 Å². The molecule has 0 aromatic heterocycles. The predicted octanol–water partition coefficient (Wildman–Crippen LogP) is 0.480. The highest BCUT2D eigenvalue weighted by atomic mass is 16.5. The Kier molecular flexibility index (Phi) is 4.84. The molecule has 88 valence electrons. The van der Waals surface area contributed by atoms with E-state index >= 15 is 0 Å². The van der Waals surface area contributed by atoms with Gasteiger partial charge in [0.2, 0.25) is 0 Å². The summed E-state index contributed by atoms with van der Waals surface area (Å²) >= 11 is 0. The quantitative estimate of drug-likeness (QED) is 0.303. The minimum absolute atomic E-state index is 0.303. The minimum atomic E-state index is 0.303. The summed E-state index contributed by atoms with van der Waals surface area (Å²) in [4.78, 5) is 2.36. The van der Waals surface area contributed by atoms with Gasteiger partial charge in [0, 0.05) is 26.1 Å². The summed E-state index contributed by atoms with van der Waals surface area (Å²) in [6.07, 6.45) is 1.80. The zero-order valence-electron chi connectivity index (χ0n) is 9.52. The number of nitrogens with two attached hydrogens (primary N) is 1. The molecule has 0 radical (unpaired) electrons. The Hall–Kier alpha value is -0.810. The number of oxime groups is 1. The van der Waals surface area contributed by atoms with Crippen molar-refractivity contribution in [1.29, 1.82) is 0 Å². The van der Waals surface area contributed by atoms with E-state index in [2.05, 4.69) is 17.0 Å². The molecule has 0 aliphatic carbocycles. The number of hydrogen-bond donors (Lipinski definition) is 2. The third-order valence-corrected chi connectivity index (χ3v) is 2.98. The van der Waals surface area contributed by atoms with Crippen molar-refractivity contribution >= 4 is 5.84 Å². The average Bonchev–Trinajstić information content (AvgIpc) is 2.67. The van der Waals surface area contributed by atoms with Crippen molar-refractivity contribution < 1.29 is 9.94 Å². The highest BCUT2D eigenvalue weighted by Gasteiger charge is 2.26. The van der Waals surface area contributed by atoms with Gasteiger partial charge in [-0.3, -0.25) is 4.90 Å². The summed E-state index contributed by atoms with van der Waals surface area (Å²) in [6.45, 7) is 5.06. The van der Waals surface area contributed by atoms with E-state index in [0.717, 1.165) is 19.7 Å². The third kappa shape index (κ3) is 3.68. The molecular formula is C10H21N3O2. The van der Waals surface area contributed by atoms with Gasteiger partial charge in [-0.05, 0) is 25.8 Å². The molecule has 3 N–H and O–H groups in total. The monoisotopic (exact) mass is 215 g/mol. The Balaban J connectivity index is 2.33. The van der Waals surface area contributed by atoms with Crippen molar-refractivity contribution in [2.24, 2.45) is 16.8 Å². The Morgan fingerprint density at radius 2 is 2.47 bits per heavy atom. The minimum Gasteiger partial charge on any atom is -0.409 e. The van der Waals surface area contributed by atoms with Crippen LogP contribution in [0.25, 0.3) is 0 Å². The van der Waals surface area contributed by atoms with Gasteiger partial charge in [0.05, 0.1) is 6.61 Å². The highest BCUT2D eigenvalue weighted by molar-refractivity contribution is 5.80. The van der Waals surface area contributed by atoms with Crippen molar-refractivity contribution in [2.75, 3.05) is 26.8 Å². The zero-order chi connectivity index (χ0) is 11.3. The molecule has 1 heterocycles. The van der Waals surface area contributed by atoms with Gasteiger partial charge in [-0.15, -0.1) is 0 Å². The number of rotatable bonds is 5. The first-order valence-electron chi connectivity index (χ1n) is 5.36. The molecule has 2 unspecified atom stereocenters. The van der Waals surface area contributed by atoms with E-state index in [9.17, 15) is 0 Å². The molecule has 0 spiro atoms. The van der Waals surface area contributed by atoms with Crippen LogP contribution >= 0.6 is 0 Å². The number of methoxy groups -OCH3 is 1. The van der Waals surface area contributed by atoms with Crippen LogP contribution in [0.2, 0.25) is 0 Å². The van der Waals surface area contributed by atoms with Gasteiger partial charge in [-0.25, -0.2) is 0 Å². The summed E-state index contributed by atoms with van der Waals surface area (Å²) in [7, 11) is 1.74. The summed E-state index contributed by atoms with van der Waals surface area (Å²) in [5.74, 6) is 0.933. The van der Waals surface area contributed by atoms with Crippen LogP contribution in [-0.4, -0.2) is 48.8 Å². The van der Waals surface area contributed by atoms with Crippen LogP contribution in [0.4, 0.5) is 0 Å². The number of hydrogen-bond acceptors (Lipinski definition) is 4. The lowest BCUT2D eigenvalue weighted by atomic mass is 10.1.